The number of halogens is 1. The van der Waals surface area contributed by atoms with E-state index in [9.17, 15) is 0 Å². The Morgan fingerprint density at radius 1 is 0.733 bits per heavy atom. The van der Waals surface area contributed by atoms with Crippen LogP contribution in [-0.4, -0.2) is 0 Å². The zero-order valence-corrected chi connectivity index (χ0v) is 10.2. The fraction of sp³-hybridized carbons (Fsp3) is 0.0769. The van der Waals surface area contributed by atoms with Crippen LogP contribution in [0, 0.1) is 6.92 Å². The Morgan fingerprint density at radius 3 is 1.87 bits per heavy atom. The Hall–Kier alpha value is -1.28. The molecule has 0 fully saturated rings. The molecule has 0 unspecified atom stereocenters. The second-order valence-corrected chi connectivity index (χ2v) is 3.23. The van der Waals surface area contributed by atoms with E-state index in [1.54, 1.807) is 0 Å². The summed E-state index contributed by atoms with van der Waals surface area (Å²) < 4.78 is 5.63. The Labute approximate surface area is 100 Å². The maximum Gasteiger partial charge on any atom is 0.127 e. The third kappa shape index (κ3) is 3.40. The number of rotatable bonds is 2. The van der Waals surface area contributed by atoms with E-state index in [4.69, 9.17) is 4.74 Å². The summed E-state index contributed by atoms with van der Waals surface area (Å²) in [6, 6.07) is 17.8. The predicted octanol–water partition coefficient (Wildman–Crippen LogP) is 4.37. The molecule has 0 saturated carbocycles. The van der Waals surface area contributed by atoms with Gasteiger partial charge in [-0.15, -0.1) is 17.0 Å². The quantitative estimate of drug-likeness (QED) is 0.783. The summed E-state index contributed by atoms with van der Waals surface area (Å²) in [6.07, 6.45) is 0. The molecule has 0 spiro atoms. The molecule has 0 N–H and O–H groups in total. The smallest absolute Gasteiger partial charge is 0.127 e. The molecule has 2 aromatic rings. The first-order valence-electron chi connectivity index (χ1n) is 4.64. The van der Waals surface area contributed by atoms with Gasteiger partial charge < -0.3 is 4.74 Å². The summed E-state index contributed by atoms with van der Waals surface area (Å²) in [5.74, 6) is 1.75. The molecule has 0 bridgehead atoms. The highest BCUT2D eigenvalue weighted by molar-refractivity contribution is 8.93. The van der Waals surface area contributed by atoms with Crippen LogP contribution in [0.4, 0.5) is 0 Å². The molecular formula is C13H13BrO. The van der Waals surface area contributed by atoms with E-state index in [-0.39, 0.29) is 17.0 Å². The second kappa shape index (κ2) is 5.56. The highest BCUT2D eigenvalue weighted by Crippen LogP contribution is 2.20. The number of benzene rings is 2. The number of ether oxygens (including phenoxy) is 1. The van der Waals surface area contributed by atoms with Crippen molar-refractivity contribution in [2.45, 2.75) is 6.92 Å². The maximum absolute atomic E-state index is 5.63. The molecule has 0 aliphatic carbocycles. The topological polar surface area (TPSA) is 9.23 Å². The van der Waals surface area contributed by atoms with Crippen molar-refractivity contribution in [1.82, 2.24) is 0 Å². The monoisotopic (exact) mass is 264 g/mol. The van der Waals surface area contributed by atoms with Gasteiger partial charge >= 0.3 is 0 Å². The van der Waals surface area contributed by atoms with E-state index in [1.165, 1.54) is 5.56 Å². The number of para-hydroxylation sites is 1. The average Bonchev–Trinajstić information content (AvgIpc) is 2.23. The van der Waals surface area contributed by atoms with Gasteiger partial charge in [0, 0.05) is 0 Å². The van der Waals surface area contributed by atoms with Crippen LogP contribution in [0.2, 0.25) is 0 Å². The first-order valence-corrected chi connectivity index (χ1v) is 4.64. The molecule has 0 aromatic heterocycles. The maximum atomic E-state index is 5.63. The van der Waals surface area contributed by atoms with E-state index in [1.807, 2.05) is 54.6 Å². The van der Waals surface area contributed by atoms with Gasteiger partial charge in [0.1, 0.15) is 11.5 Å². The highest BCUT2D eigenvalue weighted by Gasteiger charge is 1.94. The van der Waals surface area contributed by atoms with Gasteiger partial charge in [0.15, 0.2) is 0 Å². The molecule has 0 aliphatic heterocycles. The van der Waals surface area contributed by atoms with Gasteiger partial charge in [-0.3, -0.25) is 0 Å². The van der Waals surface area contributed by atoms with Crippen LogP contribution in [0.3, 0.4) is 0 Å². The Kier molecular flexibility index (Phi) is 4.37. The van der Waals surface area contributed by atoms with Crippen molar-refractivity contribution in [3.63, 3.8) is 0 Å². The normalized spacial score (nSPS) is 9.13. The lowest BCUT2D eigenvalue weighted by Crippen LogP contribution is -1.82. The van der Waals surface area contributed by atoms with Gasteiger partial charge in [0.25, 0.3) is 0 Å². The molecule has 78 valence electrons. The summed E-state index contributed by atoms with van der Waals surface area (Å²) in [7, 11) is 0. The van der Waals surface area contributed by atoms with Crippen molar-refractivity contribution in [2.24, 2.45) is 0 Å². The summed E-state index contributed by atoms with van der Waals surface area (Å²) in [4.78, 5) is 0. The molecule has 0 heterocycles. The zero-order chi connectivity index (χ0) is 9.80. The largest absolute Gasteiger partial charge is 0.457 e. The molecular weight excluding hydrogens is 252 g/mol. The minimum Gasteiger partial charge on any atom is -0.457 e. The minimum atomic E-state index is 0. The first kappa shape index (κ1) is 11.8. The van der Waals surface area contributed by atoms with Crippen LogP contribution < -0.4 is 4.74 Å². The van der Waals surface area contributed by atoms with Crippen molar-refractivity contribution in [3.05, 3.63) is 60.2 Å². The fourth-order valence-corrected chi connectivity index (χ4v) is 1.23. The van der Waals surface area contributed by atoms with Crippen LogP contribution >= 0.6 is 17.0 Å². The standard InChI is InChI=1S/C13H12O.BrH/c1-11-7-9-13(10-8-11)14-12-5-3-2-4-6-12;/h2-10H,1H3;1H. The van der Waals surface area contributed by atoms with E-state index >= 15 is 0 Å². The average molecular weight is 265 g/mol. The highest BCUT2D eigenvalue weighted by atomic mass is 79.9. The SMILES string of the molecule is Br.Cc1ccc(Oc2ccccc2)cc1. The van der Waals surface area contributed by atoms with E-state index < -0.39 is 0 Å². The minimum absolute atomic E-state index is 0. The lowest BCUT2D eigenvalue weighted by Gasteiger charge is -2.04. The van der Waals surface area contributed by atoms with Crippen LogP contribution in [-0.2, 0) is 0 Å². The van der Waals surface area contributed by atoms with Crippen LogP contribution in [0.15, 0.2) is 54.6 Å². The van der Waals surface area contributed by atoms with Gasteiger partial charge in [-0.1, -0.05) is 35.9 Å². The van der Waals surface area contributed by atoms with Crippen molar-refractivity contribution >= 4 is 17.0 Å². The van der Waals surface area contributed by atoms with E-state index in [0.717, 1.165) is 11.5 Å². The van der Waals surface area contributed by atoms with Crippen molar-refractivity contribution < 1.29 is 4.74 Å². The van der Waals surface area contributed by atoms with Gasteiger partial charge in [-0.25, -0.2) is 0 Å². The molecule has 2 aromatic carbocycles. The molecule has 0 saturated heterocycles. The molecule has 2 heteroatoms. The molecule has 2 rings (SSSR count). The molecule has 0 radical (unpaired) electrons. The molecule has 1 nitrogen and oxygen atoms in total. The zero-order valence-electron chi connectivity index (χ0n) is 8.51. The van der Waals surface area contributed by atoms with Crippen molar-refractivity contribution in [1.29, 1.82) is 0 Å². The summed E-state index contributed by atoms with van der Waals surface area (Å²) in [6.45, 7) is 2.06. The molecule has 15 heavy (non-hydrogen) atoms. The van der Waals surface area contributed by atoms with Crippen molar-refractivity contribution in [2.75, 3.05) is 0 Å². The third-order valence-electron chi connectivity index (χ3n) is 2.00. The number of hydrogen-bond donors (Lipinski definition) is 0. The Morgan fingerprint density at radius 2 is 1.27 bits per heavy atom. The van der Waals surface area contributed by atoms with Crippen molar-refractivity contribution in [3.8, 4) is 11.5 Å². The van der Waals surface area contributed by atoms with Crippen LogP contribution in [0.25, 0.3) is 0 Å². The van der Waals surface area contributed by atoms with E-state index in [2.05, 4.69) is 6.92 Å². The van der Waals surface area contributed by atoms with Gasteiger partial charge in [-0.2, -0.15) is 0 Å². The van der Waals surface area contributed by atoms with Crippen LogP contribution in [0.1, 0.15) is 5.56 Å². The second-order valence-electron chi connectivity index (χ2n) is 3.23. The third-order valence-corrected chi connectivity index (χ3v) is 2.00. The van der Waals surface area contributed by atoms with Gasteiger partial charge in [0.2, 0.25) is 0 Å². The van der Waals surface area contributed by atoms with Crippen LogP contribution in [0.5, 0.6) is 11.5 Å². The number of hydrogen-bond acceptors (Lipinski definition) is 1. The Bertz CT molecular complexity index is 395. The van der Waals surface area contributed by atoms with Gasteiger partial charge in [-0.05, 0) is 31.2 Å². The number of aryl methyl sites for hydroxylation is 1. The predicted molar refractivity (Wildman–Crippen MR) is 68.0 cm³/mol. The Balaban J connectivity index is 0.00000112. The van der Waals surface area contributed by atoms with E-state index in [0.29, 0.717) is 0 Å². The summed E-state index contributed by atoms with van der Waals surface area (Å²) >= 11 is 0. The molecule has 0 amide bonds. The lowest BCUT2D eigenvalue weighted by atomic mass is 10.2. The first-order chi connectivity index (χ1) is 6.84. The fourth-order valence-electron chi connectivity index (χ4n) is 1.23. The van der Waals surface area contributed by atoms with Gasteiger partial charge in [0.05, 0.1) is 0 Å². The molecule has 0 aliphatic rings. The summed E-state index contributed by atoms with van der Waals surface area (Å²) in [5, 5.41) is 0. The summed E-state index contributed by atoms with van der Waals surface area (Å²) in [5.41, 5.74) is 1.24. The lowest BCUT2D eigenvalue weighted by molar-refractivity contribution is 0.482. The molecule has 0 atom stereocenters.